The lowest BCUT2D eigenvalue weighted by atomic mass is 9.87. The molecule has 0 radical (unpaired) electrons. The Labute approximate surface area is 108 Å². The highest BCUT2D eigenvalue weighted by Gasteiger charge is 2.24. The summed E-state index contributed by atoms with van der Waals surface area (Å²) in [7, 11) is 0. The van der Waals surface area contributed by atoms with Crippen LogP contribution in [0.1, 0.15) is 24.6 Å². The van der Waals surface area contributed by atoms with Gasteiger partial charge in [-0.25, -0.2) is 4.98 Å². The van der Waals surface area contributed by atoms with E-state index < -0.39 is 0 Å². The van der Waals surface area contributed by atoms with Crippen LogP contribution in [-0.2, 0) is 6.54 Å². The minimum atomic E-state index is 0.494. The second-order valence-electron chi connectivity index (χ2n) is 5.16. The molecule has 2 atom stereocenters. The van der Waals surface area contributed by atoms with Gasteiger partial charge in [0.15, 0.2) is 0 Å². The van der Waals surface area contributed by atoms with Crippen LogP contribution in [0.15, 0.2) is 18.3 Å². The van der Waals surface area contributed by atoms with Crippen LogP contribution in [-0.4, -0.2) is 29.5 Å². The molecule has 18 heavy (non-hydrogen) atoms. The van der Waals surface area contributed by atoms with Crippen molar-refractivity contribution in [3.8, 4) is 6.07 Å². The summed E-state index contributed by atoms with van der Waals surface area (Å²) in [5.41, 5.74) is 7.47. The first-order valence-corrected chi connectivity index (χ1v) is 6.50. The van der Waals surface area contributed by atoms with Crippen LogP contribution < -0.4 is 5.73 Å². The number of rotatable bonds is 3. The number of aromatic nitrogens is 1. The topological polar surface area (TPSA) is 65.9 Å². The van der Waals surface area contributed by atoms with E-state index in [1.54, 1.807) is 6.20 Å². The number of nitrogens with zero attached hydrogens (tertiary/aromatic N) is 3. The molecule has 4 heteroatoms. The fourth-order valence-corrected chi connectivity index (χ4v) is 2.57. The molecule has 0 bridgehead atoms. The predicted molar refractivity (Wildman–Crippen MR) is 70.6 cm³/mol. The molecule has 2 rings (SSSR count). The molecule has 0 aliphatic carbocycles. The summed E-state index contributed by atoms with van der Waals surface area (Å²) in [6, 6.07) is 5.93. The molecular weight excluding hydrogens is 224 g/mol. The smallest absolute Gasteiger partial charge is 0.140 e. The van der Waals surface area contributed by atoms with Crippen molar-refractivity contribution in [1.29, 1.82) is 5.26 Å². The summed E-state index contributed by atoms with van der Waals surface area (Å²) in [5, 5.41) is 8.84. The first-order chi connectivity index (χ1) is 8.72. The summed E-state index contributed by atoms with van der Waals surface area (Å²) in [6.45, 7) is 6.11. The molecule has 1 aromatic heterocycles. The Morgan fingerprint density at radius 3 is 3.17 bits per heavy atom. The Kier molecular flexibility index (Phi) is 4.29. The van der Waals surface area contributed by atoms with E-state index in [1.165, 1.54) is 6.42 Å². The van der Waals surface area contributed by atoms with E-state index in [1.807, 2.05) is 12.1 Å². The Hall–Kier alpha value is -1.44. The summed E-state index contributed by atoms with van der Waals surface area (Å²) in [6.07, 6.45) is 2.92. The first-order valence-electron chi connectivity index (χ1n) is 6.50. The standard InChI is InChI=1S/C14H20N4/c1-11-3-5-18(10-13(11)7-15)9-12-2-4-17-14(6-12)8-16/h2,4,6,11,13H,3,5,7,9-10,15H2,1H3. The highest BCUT2D eigenvalue weighted by molar-refractivity contribution is 5.25. The number of hydrogen-bond acceptors (Lipinski definition) is 4. The van der Waals surface area contributed by atoms with E-state index in [0.717, 1.165) is 37.7 Å². The third-order valence-electron chi connectivity index (χ3n) is 3.85. The highest BCUT2D eigenvalue weighted by Crippen LogP contribution is 2.23. The third-order valence-corrected chi connectivity index (χ3v) is 3.85. The lowest BCUT2D eigenvalue weighted by molar-refractivity contribution is 0.126. The zero-order valence-electron chi connectivity index (χ0n) is 10.8. The van der Waals surface area contributed by atoms with E-state index >= 15 is 0 Å². The second kappa shape index (κ2) is 5.94. The van der Waals surface area contributed by atoms with Crippen molar-refractivity contribution in [2.24, 2.45) is 17.6 Å². The number of nitrogens with two attached hydrogens (primary N) is 1. The van der Waals surface area contributed by atoms with Crippen LogP contribution in [0.2, 0.25) is 0 Å². The van der Waals surface area contributed by atoms with Gasteiger partial charge < -0.3 is 5.73 Å². The fourth-order valence-electron chi connectivity index (χ4n) is 2.57. The predicted octanol–water partition coefficient (Wildman–Crippen LogP) is 1.37. The highest BCUT2D eigenvalue weighted by atomic mass is 15.1. The monoisotopic (exact) mass is 244 g/mol. The molecule has 0 aromatic carbocycles. The maximum Gasteiger partial charge on any atom is 0.140 e. The van der Waals surface area contributed by atoms with Crippen LogP contribution >= 0.6 is 0 Å². The van der Waals surface area contributed by atoms with Gasteiger partial charge in [-0.15, -0.1) is 0 Å². The van der Waals surface area contributed by atoms with Crippen LogP contribution in [0.4, 0.5) is 0 Å². The average molecular weight is 244 g/mol. The molecule has 2 N–H and O–H groups in total. The van der Waals surface area contributed by atoms with Gasteiger partial charge in [0.05, 0.1) is 0 Å². The molecule has 4 nitrogen and oxygen atoms in total. The number of hydrogen-bond donors (Lipinski definition) is 1. The van der Waals surface area contributed by atoms with Gasteiger partial charge in [0.1, 0.15) is 11.8 Å². The van der Waals surface area contributed by atoms with Crippen molar-refractivity contribution >= 4 is 0 Å². The lowest BCUT2D eigenvalue weighted by Crippen LogP contribution is -2.42. The Morgan fingerprint density at radius 1 is 1.61 bits per heavy atom. The van der Waals surface area contributed by atoms with Gasteiger partial charge in [-0.1, -0.05) is 6.92 Å². The van der Waals surface area contributed by atoms with Gasteiger partial charge in [-0.3, -0.25) is 4.90 Å². The van der Waals surface area contributed by atoms with Crippen molar-refractivity contribution < 1.29 is 0 Å². The van der Waals surface area contributed by atoms with Gasteiger partial charge in [-0.2, -0.15) is 5.26 Å². The van der Waals surface area contributed by atoms with Gasteiger partial charge in [0.2, 0.25) is 0 Å². The van der Waals surface area contributed by atoms with Crippen molar-refractivity contribution in [1.82, 2.24) is 9.88 Å². The molecule has 2 heterocycles. The maximum atomic E-state index is 8.84. The molecule has 0 amide bonds. The van der Waals surface area contributed by atoms with Gasteiger partial charge in [0.25, 0.3) is 0 Å². The van der Waals surface area contributed by atoms with E-state index in [9.17, 15) is 0 Å². The Morgan fingerprint density at radius 2 is 2.44 bits per heavy atom. The zero-order chi connectivity index (χ0) is 13.0. The molecule has 1 aliphatic heterocycles. The summed E-state index contributed by atoms with van der Waals surface area (Å²) in [5.74, 6) is 1.31. The van der Waals surface area contributed by atoms with Crippen molar-refractivity contribution in [3.05, 3.63) is 29.6 Å². The average Bonchev–Trinajstić information content (AvgIpc) is 2.41. The molecule has 1 aromatic rings. The van der Waals surface area contributed by atoms with E-state index in [0.29, 0.717) is 11.6 Å². The quantitative estimate of drug-likeness (QED) is 0.872. The molecule has 1 aliphatic rings. The van der Waals surface area contributed by atoms with Gasteiger partial charge in [-0.05, 0) is 49.0 Å². The summed E-state index contributed by atoms with van der Waals surface area (Å²) in [4.78, 5) is 6.42. The summed E-state index contributed by atoms with van der Waals surface area (Å²) >= 11 is 0. The van der Waals surface area contributed by atoms with Crippen LogP contribution in [0, 0.1) is 23.2 Å². The molecule has 96 valence electrons. The molecule has 1 saturated heterocycles. The van der Waals surface area contributed by atoms with Crippen LogP contribution in [0.25, 0.3) is 0 Å². The normalized spacial score (nSPS) is 24.7. The molecule has 0 saturated carbocycles. The largest absolute Gasteiger partial charge is 0.330 e. The minimum absolute atomic E-state index is 0.494. The molecule has 0 spiro atoms. The second-order valence-corrected chi connectivity index (χ2v) is 5.16. The minimum Gasteiger partial charge on any atom is -0.330 e. The Balaban J connectivity index is 1.99. The first kappa shape index (κ1) is 13.0. The number of pyridine rings is 1. The number of nitriles is 1. The van der Waals surface area contributed by atoms with Gasteiger partial charge in [0, 0.05) is 19.3 Å². The zero-order valence-corrected chi connectivity index (χ0v) is 10.8. The van der Waals surface area contributed by atoms with Crippen LogP contribution in [0.5, 0.6) is 0 Å². The maximum absolute atomic E-state index is 8.84. The number of piperidine rings is 1. The van der Waals surface area contributed by atoms with Crippen LogP contribution in [0.3, 0.4) is 0 Å². The van der Waals surface area contributed by atoms with Crippen molar-refractivity contribution in [3.63, 3.8) is 0 Å². The molecular formula is C14H20N4. The molecule has 2 unspecified atom stereocenters. The fraction of sp³-hybridized carbons (Fsp3) is 0.571. The number of likely N-dealkylation sites (tertiary alicyclic amines) is 1. The lowest BCUT2D eigenvalue weighted by Gasteiger charge is -2.36. The van der Waals surface area contributed by atoms with E-state index in [4.69, 9.17) is 11.0 Å². The van der Waals surface area contributed by atoms with Crippen molar-refractivity contribution in [2.75, 3.05) is 19.6 Å². The van der Waals surface area contributed by atoms with E-state index in [-0.39, 0.29) is 0 Å². The SMILES string of the molecule is CC1CCN(Cc2ccnc(C#N)c2)CC1CN. The van der Waals surface area contributed by atoms with Gasteiger partial charge >= 0.3 is 0 Å². The third kappa shape index (κ3) is 3.06. The molecule has 1 fully saturated rings. The Bertz CT molecular complexity index is 438. The summed E-state index contributed by atoms with van der Waals surface area (Å²) < 4.78 is 0. The van der Waals surface area contributed by atoms with E-state index in [2.05, 4.69) is 22.9 Å². The van der Waals surface area contributed by atoms with Crippen molar-refractivity contribution in [2.45, 2.75) is 19.9 Å².